The normalized spacial score (nSPS) is 20.4. The summed E-state index contributed by atoms with van der Waals surface area (Å²) in [6, 6.07) is 11.4. The highest BCUT2D eigenvalue weighted by molar-refractivity contribution is 5.14. The molecule has 1 fully saturated rings. The van der Waals surface area contributed by atoms with Crippen molar-refractivity contribution in [1.82, 2.24) is 10.2 Å². The fourth-order valence-electron chi connectivity index (χ4n) is 2.70. The molecule has 0 aromatic heterocycles. The summed E-state index contributed by atoms with van der Waals surface area (Å²) in [5.74, 6) is 0. The van der Waals surface area contributed by atoms with Crippen LogP contribution < -0.4 is 5.32 Å². The van der Waals surface area contributed by atoms with E-state index in [0.29, 0.717) is 6.04 Å². The molecule has 1 saturated heterocycles. The molecule has 1 heterocycles. The summed E-state index contributed by atoms with van der Waals surface area (Å²) in [7, 11) is 0. The Kier molecular flexibility index (Phi) is 5.62. The van der Waals surface area contributed by atoms with Gasteiger partial charge in [-0.25, -0.2) is 0 Å². The number of likely N-dealkylation sites (tertiary alicyclic amines) is 1. The van der Waals surface area contributed by atoms with Gasteiger partial charge >= 0.3 is 0 Å². The van der Waals surface area contributed by atoms with Gasteiger partial charge in [0, 0.05) is 19.1 Å². The van der Waals surface area contributed by atoms with Crippen molar-refractivity contribution in [3.05, 3.63) is 48.0 Å². The lowest BCUT2D eigenvalue weighted by molar-refractivity contribution is 0.184. The van der Waals surface area contributed by atoms with Gasteiger partial charge in [0.25, 0.3) is 0 Å². The quantitative estimate of drug-likeness (QED) is 0.788. The van der Waals surface area contributed by atoms with Gasteiger partial charge in [-0.3, -0.25) is 4.90 Å². The van der Waals surface area contributed by atoms with Crippen molar-refractivity contribution < 1.29 is 0 Å². The van der Waals surface area contributed by atoms with Crippen molar-refractivity contribution in [1.29, 1.82) is 0 Å². The third-order valence-electron chi connectivity index (χ3n) is 3.74. The van der Waals surface area contributed by atoms with Crippen molar-refractivity contribution in [3.63, 3.8) is 0 Å². The number of piperidine rings is 1. The molecule has 1 N–H and O–H groups in total. The summed E-state index contributed by atoms with van der Waals surface area (Å²) in [5.41, 5.74) is 2.69. The van der Waals surface area contributed by atoms with Gasteiger partial charge in [0.15, 0.2) is 0 Å². The predicted octanol–water partition coefficient (Wildman–Crippen LogP) is 3.21. The van der Waals surface area contributed by atoms with Crippen LogP contribution in [0.3, 0.4) is 0 Å². The van der Waals surface area contributed by atoms with Crippen molar-refractivity contribution >= 4 is 0 Å². The fourth-order valence-corrected chi connectivity index (χ4v) is 2.70. The first-order valence-corrected chi connectivity index (χ1v) is 7.38. The van der Waals surface area contributed by atoms with E-state index in [1.165, 1.54) is 37.1 Å². The van der Waals surface area contributed by atoms with Crippen LogP contribution in [0.2, 0.25) is 0 Å². The molecule has 0 saturated carbocycles. The second-order valence-electron chi connectivity index (χ2n) is 5.72. The molecule has 0 bridgehead atoms. The zero-order valence-corrected chi connectivity index (χ0v) is 12.1. The third-order valence-corrected chi connectivity index (χ3v) is 3.74. The molecule has 2 nitrogen and oxygen atoms in total. The summed E-state index contributed by atoms with van der Waals surface area (Å²) < 4.78 is 0. The second kappa shape index (κ2) is 7.46. The Morgan fingerprint density at radius 1 is 1.37 bits per heavy atom. The largest absolute Gasteiger partial charge is 0.312 e. The Morgan fingerprint density at radius 3 is 2.89 bits per heavy atom. The third kappa shape index (κ3) is 5.17. The zero-order chi connectivity index (χ0) is 13.5. The van der Waals surface area contributed by atoms with Crippen molar-refractivity contribution in [2.75, 3.05) is 19.6 Å². The molecule has 1 aromatic carbocycles. The average Bonchev–Trinajstić information content (AvgIpc) is 2.40. The highest BCUT2D eigenvalue weighted by Gasteiger charge is 2.19. The van der Waals surface area contributed by atoms with Gasteiger partial charge in [-0.05, 0) is 44.8 Å². The first kappa shape index (κ1) is 14.3. The van der Waals surface area contributed by atoms with Gasteiger partial charge in [-0.2, -0.15) is 0 Å². The fraction of sp³-hybridized carbons (Fsp3) is 0.529. The summed E-state index contributed by atoms with van der Waals surface area (Å²) in [4.78, 5) is 2.57. The number of nitrogens with one attached hydrogen (secondary N) is 1. The average molecular weight is 258 g/mol. The molecule has 0 amide bonds. The van der Waals surface area contributed by atoms with E-state index in [1.54, 1.807) is 0 Å². The van der Waals surface area contributed by atoms with E-state index in [-0.39, 0.29) is 0 Å². The lowest BCUT2D eigenvalue weighted by Crippen LogP contribution is -2.45. The first-order chi connectivity index (χ1) is 9.24. The Balaban J connectivity index is 1.75. The summed E-state index contributed by atoms with van der Waals surface area (Å²) in [6.07, 6.45) is 3.70. The van der Waals surface area contributed by atoms with E-state index in [2.05, 4.69) is 54.1 Å². The van der Waals surface area contributed by atoms with Gasteiger partial charge in [0.2, 0.25) is 0 Å². The lowest BCUT2D eigenvalue weighted by Gasteiger charge is -2.33. The Hall–Kier alpha value is -1.12. The predicted molar refractivity (Wildman–Crippen MR) is 82.2 cm³/mol. The van der Waals surface area contributed by atoms with Gasteiger partial charge in [-0.15, -0.1) is 6.58 Å². The highest BCUT2D eigenvalue weighted by atomic mass is 15.2. The minimum absolute atomic E-state index is 0.650. The molecule has 2 rings (SSSR count). The molecular formula is C17H26N2. The van der Waals surface area contributed by atoms with Gasteiger partial charge < -0.3 is 5.32 Å². The molecule has 0 aliphatic carbocycles. The first-order valence-electron chi connectivity index (χ1n) is 7.38. The molecule has 1 aliphatic rings. The summed E-state index contributed by atoms with van der Waals surface area (Å²) in [6.45, 7) is 10.6. The molecule has 1 aliphatic heterocycles. The topological polar surface area (TPSA) is 15.3 Å². The monoisotopic (exact) mass is 258 g/mol. The van der Waals surface area contributed by atoms with Crippen LogP contribution in [0.25, 0.3) is 0 Å². The number of nitrogens with zero attached hydrogens (tertiary/aromatic N) is 1. The Morgan fingerprint density at radius 2 is 2.16 bits per heavy atom. The van der Waals surface area contributed by atoms with Crippen LogP contribution in [-0.4, -0.2) is 30.6 Å². The van der Waals surface area contributed by atoms with Crippen LogP contribution in [0.1, 0.15) is 31.7 Å². The molecule has 0 radical (unpaired) electrons. The second-order valence-corrected chi connectivity index (χ2v) is 5.72. The molecule has 1 aromatic rings. The highest BCUT2D eigenvalue weighted by Crippen LogP contribution is 2.13. The van der Waals surface area contributed by atoms with Gasteiger partial charge in [0.1, 0.15) is 0 Å². The molecular weight excluding hydrogens is 232 g/mol. The zero-order valence-electron chi connectivity index (χ0n) is 12.1. The maximum Gasteiger partial charge on any atom is 0.0234 e. The van der Waals surface area contributed by atoms with Crippen LogP contribution in [0, 0.1) is 0 Å². The number of benzene rings is 1. The summed E-state index contributed by atoms with van der Waals surface area (Å²) >= 11 is 0. The minimum atomic E-state index is 0.650. The van der Waals surface area contributed by atoms with E-state index < -0.39 is 0 Å². The molecule has 1 unspecified atom stereocenters. The van der Waals surface area contributed by atoms with Crippen LogP contribution in [-0.2, 0) is 6.54 Å². The van der Waals surface area contributed by atoms with Crippen molar-refractivity contribution in [2.45, 2.75) is 38.8 Å². The van der Waals surface area contributed by atoms with Crippen LogP contribution in [0.5, 0.6) is 0 Å². The van der Waals surface area contributed by atoms with Gasteiger partial charge in [0.05, 0.1) is 0 Å². The van der Waals surface area contributed by atoms with E-state index in [4.69, 9.17) is 0 Å². The SMILES string of the molecule is C=C(C)CCNC1CCCN(Cc2ccccc2)C1. The maximum atomic E-state index is 3.96. The van der Waals surface area contributed by atoms with E-state index in [0.717, 1.165) is 19.5 Å². The molecule has 2 heteroatoms. The van der Waals surface area contributed by atoms with Crippen molar-refractivity contribution in [2.24, 2.45) is 0 Å². The number of hydrogen-bond donors (Lipinski definition) is 1. The molecule has 1 atom stereocenters. The molecule has 0 spiro atoms. The van der Waals surface area contributed by atoms with Gasteiger partial charge in [-0.1, -0.05) is 35.9 Å². The molecule has 104 valence electrons. The minimum Gasteiger partial charge on any atom is -0.312 e. The summed E-state index contributed by atoms with van der Waals surface area (Å²) in [5, 5.41) is 3.67. The maximum absolute atomic E-state index is 3.96. The Labute approximate surface area is 117 Å². The smallest absolute Gasteiger partial charge is 0.0234 e. The van der Waals surface area contributed by atoms with Crippen LogP contribution in [0.15, 0.2) is 42.5 Å². The molecule has 19 heavy (non-hydrogen) atoms. The Bertz CT molecular complexity index is 386. The number of rotatable bonds is 6. The standard InChI is InChI=1S/C17H26N2/c1-15(2)10-11-18-17-9-6-12-19(14-17)13-16-7-4-3-5-8-16/h3-5,7-8,17-18H,1,6,9-14H2,2H3. The van der Waals surface area contributed by atoms with Crippen molar-refractivity contribution in [3.8, 4) is 0 Å². The number of hydrogen-bond acceptors (Lipinski definition) is 2. The van der Waals surface area contributed by atoms with E-state index >= 15 is 0 Å². The lowest BCUT2D eigenvalue weighted by atomic mass is 10.0. The van der Waals surface area contributed by atoms with E-state index in [1.807, 2.05) is 0 Å². The van der Waals surface area contributed by atoms with E-state index in [9.17, 15) is 0 Å². The van der Waals surface area contributed by atoms with Crippen LogP contribution in [0.4, 0.5) is 0 Å². The van der Waals surface area contributed by atoms with Crippen LogP contribution >= 0.6 is 0 Å².